The molecule has 11 heteroatoms. The van der Waals surface area contributed by atoms with Crippen molar-refractivity contribution in [2.45, 2.75) is 26.7 Å². The molecular formula is C22H21Br2ClN4O4. The smallest absolute Gasteiger partial charge is 0.282 e. The lowest BCUT2D eigenvalue weighted by atomic mass is 10.2. The number of fused-ring (bicyclic) bond motifs is 1. The molecule has 1 amide bonds. The molecule has 0 saturated carbocycles. The predicted octanol–water partition coefficient (Wildman–Crippen LogP) is 4.84. The van der Waals surface area contributed by atoms with E-state index in [9.17, 15) is 9.59 Å². The van der Waals surface area contributed by atoms with Crippen LogP contribution in [0.2, 0.25) is 5.02 Å². The van der Waals surface area contributed by atoms with Crippen molar-refractivity contribution in [1.82, 2.24) is 9.66 Å². The van der Waals surface area contributed by atoms with E-state index in [1.54, 1.807) is 25.1 Å². The van der Waals surface area contributed by atoms with Gasteiger partial charge in [0.2, 0.25) is 0 Å². The summed E-state index contributed by atoms with van der Waals surface area (Å²) in [4.78, 5) is 29.0. The third-order valence-electron chi connectivity index (χ3n) is 4.48. The fourth-order valence-electron chi connectivity index (χ4n) is 3.01. The molecule has 1 aromatic heterocycles. The minimum Gasteiger partial charge on any atom is -0.490 e. The molecule has 174 valence electrons. The number of carbonyl (C=O) groups excluding carboxylic acids is 1. The zero-order valence-electron chi connectivity index (χ0n) is 18.1. The van der Waals surface area contributed by atoms with E-state index in [-0.39, 0.29) is 28.9 Å². The first kappa shape index (κ1) is 25.2. The van der Waals surface area contributed by atoms with E-state index in [1.807, 2.05) is 19.9 Å². The summed E-state index contributed by atoms with van der Waals surface area (Å²) in [6.45, 7) is 5.65. The van der Waals surface area contributed by atoms with Gasteiger partial charge in [0, 0.05) is 20.4 Å². The van der Waals surface area contributed by atoms with Gasteiger partial charge in [0.1, 0.15) is 10.8 Å². The highest BCUT2D eigenvalue weighted by molar-refractivity contribution is 9.10. The molecule has 0 bridgehead atoms. The summed E-state index contributed by atoms with van der Waals surface area (Å²) in [7, 11) is 0. The van der Waals surface area contributed by atoms with Crippen LogP contribution in [0.25, 0.3) is 10.9 Å². The highest BCUT2D eigenvalue weighted by atomic mass is 79.9. The van der Waals surface area contributed by atoms with Crippen LogP contribution in [-0.4, -0.2) is 35.0 Å². The summed E-state index contributed by atoms with van der Waals surface area (Å²) >= 11 is 13.3. The van der Waals surface area contributed by atoms with Crippen LogP contribution in [0.4, 0.5) is 0 Å². The topological polar surface area (TPSA) is 109 Å². The fourth-order valence-corrected chi connectivity index (χ4v) is 4.03. The van der Waals surface area contributed by atoms with Gasteiger partial charge in [-0.25, -0.2) is 4.98 Å². The van der Waals surface area contributed by atoms with Crippen molar-refractivity contribution in [3.63, 3.8) is 0 Å². The molecule has 0 radical (unpaired) electrons. The van der Waals surface area contributed by atoms with Crippen molar-refractivity contribution in [3.8, 4) is 11.5 Å². The van der Waals surface area contributed by atoms with Crippen molar-refractivity contribution < 1.29 is 14.3 Å². The summed E-state index contributed by atoms with van der Waals surface area (Å²) in [6, 6.07) is 6.98. The Morgan fingerprint density at radius 1 is 1.30 bits per heavy atom. The van der Waals surface area contributed by atoms with Crippen LogP contribution in [0.3, 0.4) is 0 Å². The standard InChI is InChI=1S/C22H21Br2ClN4O4/c1-4-32-16-7-12(18(24)19(25)20(16)33-10-17(26)30)9-27-29-21(11(2)3)28-15-6-5-13(23)8-14(15)22(29)31/h5-9,11H,4,10H2,1-3H3,(H2,26,30). The molecule has 0 saturated heterocycles. The summed E-state index contributed by atoms with van der Waals surface area (Å²) < 4.78 is 13.6. The molecule has 0 aliphatic carbocycles. The van der Waals surface area contributed by atoms with E-state index in [1.165, 1.54) is 10.9 Å². The van der Waals surface area contributed by atoms with Gasteiger partial charge in [-0.3, -0.25) is 9.59 Å². The van der Waals surface area contributed by atoms with Gasteiger partial charge in [0.15, 0.2) is 18.1 Å². The number of halogens is 3. The number of amides is 1. The number of hydrogen-bond donors (Lipinski definition) is 1. The Morgan fingerprint density at radius 2 is 2.03 bits per heavy atom. The van der Waals surface area contributed by atoms with Gasteiger partial charge in [-0.15, -0.1) is 0 Å². The van der Waals surface area contributed by atoms with E-state index in [0.29, 0.717) is 39.1 Å². The SMILES string of the molecule is CCOc1cc(C=Nn2c(C(C)C)nc3ccc(Br)cc3c2=O)c(Br)c(Cl)c1OCC(N)=O. The van der Waals surface area contributed by atoms with Crippen LogP contribution in [-0.2, 0) is 4.79 Å². The molecular weight excluding hydrogens is 580 g/mol. The van der Waals surface area contributed by atoms with E-state index >= 15 is 0 Å². The molecule has 2 aromatic carbocycles. The predicted molar refractivity (Wildman–Crippen MR) is 136 cm³/mol. The number of carbonyl (C=O) groups is 1. The molecule has 2 N–H and O–H groups in total. The van der Waals surface area contributed by atoms with E-state index in [4.69, 9.17) is 26.8 Å². The van der Waals surface area contributed by atoms with Crippen molar-refractivity contribution in [3.05, 3.63) is 60.0 Å². The number of primary amides is 1. The highest BCUT2D eigenvalue weighted by Gasteiger charge is 2.19. The maximum Gasteiger partial charge on any atom is 0.282 e. The lowest BCUT2D eigenvalue weighted by Crippen LogP contribution is -2.23. The monoisotopic (exact) mass is 598 g/mol. The molecule has 0 fully saturated rings. The van der Waals surface area contributed by atoms with Crippen molar-refractivity contribution in [2.24, 2.45) is 10.8 Å². The second-order valence-electron chi connectivity index (χ2n) is 7.26. The number of aromatic nitrogens is 2. The summed E-state index contributed by atoms with van der Waals surface area (Å²) in [5.74, 6) is 0.300. The van der Waals surface area contributed by atoms with Gasteiger partial charge in [0.25, 0.3) is 11.5 Å². The minimum atomic E-state index is -0.647. The van der Waals surface area contributed by atoms with Gasteiger partial charge < -0.3 is 15.2 Å². The van der Waals surface area contributed by atoms with Crippen LogP contribution in [0.15, 0.2) is 43.1 Å². The third kappa shape index (κ3) is 5.56. The van der Waals surface area contributed by atoms with Gasteiger partial charge in [-0.1, -0.05) is 41.4 Å². The molecule has 0 spiro atoms. The molecule has 8 nitrogen and oxygen atoms in total. The van der Waals surface area contributed by atoms with Gasteiger partial charge >= 0.3 is 0 Å². The van der Waals surface area contributed by atoms with Crippen molar-refractivity contribution in [1.29, 1.82) is 0 Å². The zero-order valence-corrected chi connectivity index (χ0v) is 22.0. The van der Waals surface area contributed by atoms with E-state index < -0.39 is 5.91 Å². The van der Waals surface area contributed by atoms with E-state index in [0.717, 1.165) is 4.47 Å². The fraction of sp³-hybridized carbons (Fsp3) is 0.273. The lowest BCUT2D eigenvalue weighted by Gasteiger charge is -2.15. The van der Waals surface area contributed by atoms with Crippen LogP contribution in [0.1, 0.15) is 38.1 Å². The maximum absolute atomic E-state index is 13.2. The number of nitrogens with two attached hydrogens (primary N) is 1. The van der Waals surface area contributed by atoms with Crippen LogP contribution in [0, 0.1) is 0 Å². The lowest BCUT2D eigenvalue weighted by molar-refractivity contribution is -0.119. The first-order valence-electron chi connectivity index (χ1n) is 9.96. The molecule has 33 heavy (non-hydrogen) atoms. The van der Waals surface area contributed by atoms with Gasteiger partial charge in [-0.2, -0.15) is 9.78 Å². The molecule has 3 aromatic rings. The first-order valence-corrected chi connectivity index (χ1v) is 11.9. The molecule has 0 aliphatic heterocycles. The van der Waals surface area contributed by atoms with Gasteiger partial charge in [0.05, 0.1) is 23.7 Å². The van der Waals surface area contributed by atoms with E-state index in [2.05, 4.69) is 41.9 Å². The summed E-state index contributed by atoms with van der Waals surface area (Å²) in [5, 5.41) is 5.05. The van der Waals surface area contributed by atoms with Crippen LogP contribution < -0.4 is 20.8 Å². The average molecular weight is 601 g/mol. The Balaban J connectivity index is 2.14. The van der Waals surface area contributed by atoms with Gasteiger partial charge in [-0.05, 0) is 47.1 Å². The Labute approximate surface area is 212 Å². The van der Waals surface area contributed by atoms with Crippen molar-refractivity contribution in [2.75, 3.05) is 13.2 Å². The number of benzene rings is 2. The maximum atomic E-state index is 13.2. The average Bonchev–Trinajstić information content (AvgIpc) is 2.76. The third-order valence-corrected chi connectivity index (χ3v) is 6.41. The number of ether oxygens (including phenoxy) is 2. The number of nitrogens with zero attached hydrogens (tertiary/aromatic N) is 3. The summed E-state index contributed by atoms with van der Waals surface area (Å²) in [6.07, 6.45) is 1.48. The second kappa shape index (κ2) is 10.7. The molecule has 1 heterocycles. The second-order valence-corrected chi connectivity index (χ2v) is 9.34. The van der Waals surface area contributed by atoms with Crippen LogP contribution in [0.5, 0.6) is 11.5 Å². The Kier molecular flexibility index (Phi) is 8.14. The number of hydrogen-bond acceptors (Lipinski definition) is 6. The normalized spacial score (nSPS) is 11.5. The highest BCUT2D eigenvalue weighted by Crippen LogP contribution is 2.42. The van der Waals surface area contributed by atoms with Crippen LogP contribution >= 0.6 is 43.5 Å². The quantitative estimate of drug-likeness (QED) is 0.372. The van der Waals surface area contributed by atoms with Crippen molar-refractivity contribution >= 4 is 66.5 Å². The molecule has 0 unspecified atom stereocenters. The Hall–Kier alpha value is -2.43. The minimum absolute atomic E-state index is 0.0570. The largest absolute Gasteiger partial charge is 0.490 e. The Morgan fingerprint density at radius 3 is 2.67 bits per heavy atom. The summed E-state index contributed by atoms with van der Waals surface area (Å²) in [5.41, 5.74) is 6.01. The molecule has 3 rings (SSSR count). The zero-order chi connectivity index (χ0) is 24.3. The number of rotatable bonds is 8. The molecule has 0 atom stereocenters. The Bertz CT molecular complexity index is 1310. The molecule has 0 aliphatic rings. The first-order chi connectivity index (χ1) is 15.6.